The number of hydrogen-bond acceptors (Lipinski definition) is 3. The summed E-state index contributed by atoms with van der Waals surface area (Å²) < 4.78 is 10.5. The van der Waals surface area contributed by atoms with Crippen molar-refractivity contribution in [2.24, 2.45) is 5.73 Å². The van der Waals surface area contributed by atoms with Crippen molar-refractivity contribution in [3.63, 3.8) is 0 Å². The summed E-state index contributed by atoms with van der Waals surface area (Å²) in [6.45, 7) is 1.99. The molecule has 0 saturated carbocycles. The van der Waals surface area contributed by atoms with Gasteiger partial charge in [-0.1, -0.05) is 24.3 Å². The smallest absolute Gasteiger partial charge is 0.252 e. The van der Waals surface area contributed by atoms with E-state index in [0.29, 0.717) is 11.3 Å². The molecule has 0 spiro atoms. The molecule has 2 N–H and O–H groups in total. The van der Waals surface area contributed by atoms with Gasteiger partial charge in [-0.3, -0.25) is 4.79 Å². The van der Waals surface area contributed by atoms with Crippen LogP contribution in [0.5, 0.6) is 5.75 Å². The number of nitrogens with two attached hydrogens (primary N) is 1. The maximum Gasteiger partial charge on any atom is 0.252 e. The molecular formula is C17H19NO3. The molecule has 1 unspecified atom stereocenters. The summed E-state index contributed by atoms with van der Waals surface area (Å²) in [5, 5.41) is 0. The first kappa shape index (κ1) is 15.1. The van der Waals surface area contributed by atoms with Crippen molar-refractivity contribution >= 4 is 5.91 Å². The first-order valence-corrected chi connectivity index (χ1v) is 6.67. The molecule has 2 rings (SSSR count). The second-order valence-corrected chi connectivity index (χ2v) is 4.78. The van der Waals surface area contributed by atoms with E-state index < -0.39 is 5.91 Å². The average Bonchev–Trinajstić information content (AvgIpc) is 2.53. The van der Waals surface area contributed by atoms with Crippen molar-refractivity contribution in [3.8, 4) is 16.9 Å². The lowest BCUT2D eigenvalue weighted by Gasteiger charge is -2.12. The molecule has 0 heterocycles. The predicted molar refractivity (Wildman–Crippen MR) is 82.4 cm³/mol. The number of primary amides is 1. The molecule has 2 aromatic rings. The number of benzene rings is 2. The maximum absolute atomic E-state index is 11.5. The molecule has 1 atom stereocenters. The second-order valence-electron chi connectivity index (χ2n) is 4.78. The standard InChI is InChI=1S/C17H19NO3/c1-11(20-2)12-5-4-6-13(9-12)14-7-8-16(21-3)15(10-14)17(18)19/h4-11H,1-3H3,(H2,18,19). The highest BCUT2D eigenvalue weighted by molar-refractivity contribution is 5.97. The van der Waals surface area contributed by atoms with E-state index in [1.165, 1.54) is 7.11 Å². The van der Waals surface area contributed by atoms with E-state index in [0.717, 1.165) is 16.7 Å². The first-order valence-electron chi connectivity index (χ1n) is 6.67. The largest absolute Gasteiger partial charge is 0.496 e. The zero-order valence-corrected chi connectivity index (χ0v) is 12.4. The molecule has 0 aliphatic heterocycles. The van der Waals surface area contributed by atoms with E-state index in [1.807, 2.05) is 37.3 Å². The molecule has 0 fully saturated rings. The Morgan fingerprint density at radius 2 is 1.81 bits per heavy atom. The van der Waals surface area contributed by atoms with Crippen molar-refractivity contribution in [2.75, 3.05) is 14.2 Å². The number of hydrogen-bond donors (Lipinski definition) is 1. The molecule has 0 saturated heterocycles. The highest BCUT2D eigenvalue weighted by Crippen LogP contribution is 2.28. The Morgan fingerprint density at radius 1 is 1.10 bits per heavy atom. The van der Waals surface area contributed by atoms with Crippen LogP contribution in [0.1, 0.15) is 28.9 Å². The molecule has 0 aromatic heterocycles. The van der Waals surface area contributed by atoms with E-state index in [4.69, 9.17) is 15.2 Å². The van der Waals surface area contributed by atoms with Crippen molar-refractivity contribution in [1.29, 1.82) is 0 Å². The lowest BCUT2D eigenvalue weighted by molar-refractivity contribution is 0.0997. The summed E-state index contributed by atoms with van der Waals surface area (Å²) in [7, 11) is 3.19. The van der Waals surface area contributed by atoms with Gasteiger partial charge in [-0.25, -0.2) is 0 Å². The van der Waals surface area contributed by atoms with Crippen molar-refractivity contribution < 1.29 is 14.3 Å². The summed E-state index contributed by atoms with van der Waals surface area (Å²) in [5.41, 5.74) is 8.76. The highest BCUT2D eigenvalue weighted by atomic mass is 16.5. The molecule has 0 aliphatic rings. The summed E-state index contributed by atoms with van der Waals surface area (Å²) >= 11 is 0. The minimum absolute atomic E-state index is 0.0128. The molecule has 110 valence electrons. The molecule has 0 aliphatic carbocycles. The van der Waals surface area contributed by atoms with E-state index >= 15 is 0 Å². The van der Waals surface area contributed by atoms with E-state index in [9.17, 15) is 4.79 Å². The number of methoxy groups -OCH3 is 2. The lowest BCUT2D eigenvalue weighted by Crippen LogP contribution is -2.12. The van der Waals surface area contributed by atoms with Crippen LogP contribution in [0, 0.1) is 0 Å². The van der Waals surface area contributed by atoms with Crippen LogP contribution in [0.2, 0.25) is 0 Å². The molecule has 0 radical (unpaired) electrons. The van der Waals surface area contributed by atoms with Gasteiger partial charge < -0.3 is 15.2 Å². The minimum Gasteiger partial charge on any atom is -0.496 e. The Hall–Kier alpha value is -2.33. The molecule has 4 heteroatoms. The van der Waals surface area contributed by atoms with Gasteiger partial charge in [0.1, 0.15) is 5.75 Å². The van der Waals surface area contributed by atoms with Crippen LogP contribution in [-0.4, -0.2) is 20.1 Å². The normalized spacial score (nSPS) is 12.0. The molecule has 4 nitrogen and oxygen atoms in total. The van der Waals surface area contributed by atoms with Crippen LogP contribution in [0.4, 0.5) is 0 Å². The van der Waals surface area contributed by atoms with Crippen molar-refractivity contribution in [2.45, 2.75) is 13.0 Å². The fraction of sp³-hybridized carbons (Fsp3) is 0.235. The van der Waals surface area contributed by atoms with E-state index in [1.54, 1.807) is 19.2 Å². The van der Waals surface area contributed by atoms with Crippen LogP contribution in [-0.2, 0) is 4.74 Å². The third-order valence-corrected chi connectivity index (χ3v) is 3.51. The summed E-state index contributed by atoms with van der Waals surface area (Å²) in [6.07, 6.45) is 0.0128. The highest BCUT2D eigenvalue weighted by Gasteiger charge is 2.11. The van der Waals surface area contributed by atoms with Crippen molar-refractivity contribution in [3.05, 3.63) is 53.6 Å². The van der Waals surface area contributed by atoms with Gasteiger partial charge in [0.25, 0.3) is 5.91 Å². The minimum atomic E-state index is -0.505. The van der Waals surface area contributed by atoms with Gasteiger partial charge >= 0.3 is 0 Å². The Morgan fingerprint density at radius 3 is 2.43 bits per heavy atom. The quantitative estimate of drug-likeness (QED) is 0.917. The maximum atomic E-state index is 11.5. The number of amides is 1. The van der Waals surface area contributed by atoms with E-state index in [-0.39, 0.29) is 6.10 Å². The second kappa shape index (κ2) is 6.41. The number of rotatable bonds is 5. The van der Waals surface area contributed by atoms with Gasteiger partial charge in [-0.15, -0.1) is 0 Å². The van der Waals surface area contributed by atoms with Crippen molar-refractivity contribution in [1.82, 2.24) is 0 Å². The van der Waals surface area contributed by atoms with Crippen LogP contribution in [0.15, 0.2) is 42.5 Å². The van der Waals surface area contributed by atoms with Crippen LogP contribution < -0.4 is 10.5 Å². The van der Waals surface area contributed by atoms with Gasteiger partial charge in [-0.05, 0) is 41.8 Å². The zero-order valence-electron chi connectivity index (χ0n) is 12.4. The lowest BCUT2D eigenvalue weighted by atomic mass is 9.99. The Bertz CT molecular complexity index is 652. The molecule has 0 bridgehead atoms. The third kappa shape index (κ3) is 3.23. The van der Waals surface area contributed by atoms with Gasteiger partial charge in [0.2, 0.25) is 0 Å². The van der Waals surface area contributed by atoms with Crippen LogP contribution in [0.25, 0.3) is 11.1 Å². The Kier molecular flexibility index (Phi) is 4.60. The Balaban J connectivity index is 2.47. The van der Waals surface area contributed by atoms with Gasteiger partial charge in [-0.2, -0.15) is 0 Å². The van der Waals surface area contributed by atoms with Gasteiger partial charge in [0, 0.05) is 7.11 Å². The first-order chi connectivity index (χ1) is 10.1. The monoisotopic (exact) mass is 285 g/mol. The van der Waals surface area contributed by atoms with Crippen LogP contribution in [0.3, 0.4) is 0 Å². The average molecular weight is 285 g/mol. The number of ether oxygens (including phenoxy) is 2. The third-order valence-electron chi connectivity index (χ3n) is 3.51. The molecule has 2 aromatic carbocycles. The predicted octanol–water partition coefficient (Wildman–Crippen LogP) is 3.17. The number of carbonyl (C=O) groups excluding carboxylic acids is 1. The number of carbonyl (C=O) groups is 1. The SMILES string of the molecule is COc1ccc(-c2cccc(C(C)OC)c2)cc1C(N)=O. The fourth-order valence-corrected chi connectivity index (χ4v) is 2.19. The molecule has 21 heavy (non-hydrogen) atoms. The topological polar surface area (TPSA) is 61.6 Å². The summed E-state index contributed by atoms with van der Waals surface area (Å²) in [4.78, 5) is 11.5. The fourth-order valence-electron chi connectivity index (χ4n) is 2.19. The van der Waals surface area contributed by atoms with Crippen LogP contribution >= 0.6 is 0 Å². The molecule has 1 amide bonds. The van der Waals surface area contributed by atoms with Gasteiger partial charge in [0.15, 0.2) is 0 Å². The van der Waals surface area contributed by atoms with Gasteiger partial charge in [0.05, 0.1) is 18.8 Å². The Labute approximate surface area is 124 Å². The summed E-state index contributed by atoms with van der Waals surface area (Å²) in [5.74, 6) is -0.0252. The van der Waals surface area contributed by atoms with E-state index in [2.05, 4.69) is 0 Å². The zero-order chi connectivity index (χ0) is 15.4. The summed E-state index contributed by atoms with van der Waals surface area (Å²) in [6, 6.07) is 13.4. The molecular weight excluding hydrogens is 266 g/mol.